The smallest absolute Gasteiger partial charge is 0.388 e. The molecule has 0 saturated heterocycles. The molecule has 0 unspecified atom stereocenters. The second kappa shape index (κ2) is 6.31. The highest BCUT2D eigenvalue weighted by molar-refractivity contribution is 5.45. The van der Waals surface area contributed by atoms with Gasteiger partial charge in [-0.25, -0.2) is 4.98 Å². The Balaban J connectivity index is 2.20. The third-order valence-corrected chi connectivity index (χ3v) is 3.45. The van der Waals surface area contributed by atoms with Gasteiger partial charge in [0.2, 0.25) is 0 Å². The van der Waals surface area contributed by atoms with Gasteiger partial charge in [0, 0.05) is 12.6 Å². The average molecular weight is 331 g/mol. The number of hydrogen-bond acceptors (Lipinski definition) is 5. The van der Waals surface area contributed by atoms with Crippen molar-refractivity contribution < 1.29 is 18.3 Å². The molecule has 2 aromatic heterocycles. The molecule has 2 rings (SSSR count). The van der Waals surface area contributed by atoms with Gasteiger partial charge >= 0.3 is 6.18 Å². The molecule has 0 aliphatic carbocycles. The summed E-state index contributed by atoms with van der Waals surface area (Å²) in [6, 6.07) is 0.861. The number of rotatable bonds is 6. The van der Waals surface area contributed by atoms with Crippen LogP contribution in [0.2, 0.25) is 0 Å². The van der Waals surface area contributed by atoms with Gasteiger partial charge in [-0.05, 0) is 25.7 Å². The van der Waals surface area contributed by atoms with Crippen LogP contribution in [0.3, 0.4) is 0 Å². The van der Waals surface area contributed by atoms with Crippen molar-refractivity contribution in [2.75, 3.05) is 11.9 Å². The first-order valence-corrected chi connectivity index (χ1v) is 7.33. The quantitative estimate of drug-likeness (QED) is 0.851. The van der Waals surface area contributed by atoms with Gasteiger partial charge in [0.1, 0.15) is 12.1 Å². The van der Waals surface area contributed by atoms with E-state index in [0.29, 0.717) is 12.3 Å². The number of aliphatic hydroxyl groups is 1. The van der Waals surface area contributed by atoms with Crippen LogP contribution >= 0.6 is 0 Å². The summed E-state index contributed by atoms with van der Waals surface area (Å²) in [5.41, 5.74) is -2.10. The van der Waals surface area contributed by atoms with Crippen LogP contribution < -0.4 is 5.32 Å². The second-order valence-corrected chi connectivity index (χ2v) is 6.28. The molecule has 0 fully saturated rings. The fourth-order valence-corrected chi connectivity index (χ4v) is 2.05. The third-order valence-electron chi connectivity index (χ3n) is 3.45. The van der Waals surface area contributed by atoms with E-state index in [4.69, 9.17) is 0 Å². The molecule has 0 saturated carbocycles. The number of aromatic nitrogens is 4. The van der Waals surface area contributed by atoms with Crippen LogP contribution in [0.5, 0.6) is 0 Å². The summed E-state index contributed by atoms with van der Waals surface area (Å²) in [5.74, 6) is 0.370. The molecule has 0 amide bonds. The molecule has 0 bridgehead atoms. The van der Waals surface area contributed by atoms with Crippen LogP contribution in [0.1, 0.15) is 39.3 Å². The molecular weight excluding hydrogens is 311 g/mol. The fraction of sp³-hybridized carbons (Fsp3) is 0.643. The van der Waals surface area contributed by atoms with Crippen LogP contribution in [0.25, 0.3) is 5.78 Å². The molecule has 2 aromatic rings. The first-order chi connectivity index (χ1) is 10.6. The number of halogens is 3. The van der Waals surface area contributed by atoms with Crippen LogP contribution in [-0.2, 0) is 6.18 Å². The monoisotopic (exact) mass is 331 g/mol. The number of hydrogen-bond donors (Lipinski definition) is 2. The van der Waals surface area contributed by atoms with Gasteiger partial charge < -0.3 is 10.4 Å². The predicted molar refractivity (Wildman–Crippen MR) is 79.0 cm³/mol. The Hall–Kier alpha value is -1.90. The van der Waals surface area contributed by atoms with E-state index in [1.54, 1.807) is 6.92 Å². The molecule has 6 nitrogen and oxygen atoms in total. The standard InChI is InChI=1S/C14H20F3N5O/c1-9(2)4-5-13(3,23)7-18-11-6-10(14(15,16)17)21-12-19-8-20-22(11)12/h6,8-9,18,23H,4-5,7H2,1-3H3/t13-/m0/s1. The number of nitrogens with one attached hydrogen (secondary N) is 1. The van der Waals surface area contributed by atoms with E-state index in [1.165, 1.54) is 4.52 Å². The van der Waals surface area contributed by atoms with E-state index >= 15 is 0 Å². The number of alkyl halides is 3. The Morgan fingerprint density at radius 3 is 2.65 bits per heavy atom. The van der Waals surface area contributed by atoms with Gasteiger partial charge in [-0.15, -0.1) is 0 Å². The third kappa shape index (κ3) is 4.54. The molecule has 0 radical (unpaired) electrons. The van der Waals surface area contributed by atoms with Gasteiger partial charge in [-0.1, -0.05) is 13.8 Å². The minimum Gasteiger partial charge on any atom is -0.388 e. The molecule has 2 N–H and O–H groups in total. The molecule has 1 atom stereocenters. The molecular formula is C14H20F3N5O. The van der Waals surface area contributed by atoms with E-state index in [1.807, 2.05) is 13.8 Å². The van der Waals surface area contributed by atoms with Crippen LogP contribution in [0.4, 0.5) is 19.0 Å². The predicted octanol–water partition coefficient (Wildman–Crippen LogP) is 2.74. The van der Waals surface area contributed by atoms with Crippen molar-refractivity contribution in [3.63, 3.8) is 0 Å². The van der Waals surface area contributed by atoms with Crippen molar-refractivity contribution in [1.82, 2.24) is 19.6 Å². The lowest BCUT2D eigenvalue weighted by molar-refractivity contribution is -0.141. The summed E-state index contributed by atoms with van der Waals surface area (Å²) >= 11 is 0. The first kappa shape index (κ1) is 17.5. The molecule has 2 heterocycles. The lowest BCUT2D eigenvalue weighted by Gasteiger charge is -2.25. The van der Waals surface area contributed by atoms with Gasteiger partial charge in [0.25, 0.3) is 5.78 Å². The van der Waals surface area contributed by atoms with E-state index in [2.05, 4.69) is 20.4 Å². The summed E-state index contributed by atoms with van der Waals surface area (Å²) < 4.78 is 39.8. The minimum absolute atomic E-state index is 0.0876. The van der Waals surface area contributed by atoms with E-state index < -0.39 is 17.5 Å². The maximum atomic E-state index is 12.9. The Labute approximate surface area is 131 Å². The van der Waals surface area contributed by atoms with Crippen molar-refractivity contribution in [3.05, 3.63) is 18.1 Å². The average Bonchev–Trinajstić information content (AvgIpc) is 2.90. The first-order valence-electron chi connectivity index (χ1n) is 7.33. The van der Waals surface area contributed by atoms with E-state index in [-0.39, 0.29) is 18.1 Å². The lowest BCUT2D eigenvalue weighted by Crippen LogP contribution is -2.34. The molecule has 128 valence electrons. The maximum absolute atomic E-state index is 12.9. The molecule has 23 heavy (non-hydrogen) atoms. The fourth-order valence-electron chi connectivity index (χ4n) is 2.05. The molecule has 9 heteroatoms. The van der Waals surface area contributed by atoms with Gasteiger partial charge in [0.15, 0.2) is 5.69 Å². The zero-order valence-corrected chi connectivity index (χ0v) is 13.2. The normalized spacial score (nSPS) is 15.1. The van der Waals surface area contributed by atoms with E-state index in [9.17, 15) is 18.3 Å². The highest BCUT2D eigenvalue weighted by Gasteiger charge is 2.34. The largest absolute Gasteiger partial charge is 0.433 e. The molecule has 0 aliphatic heterocycles. The number of fused-ring (bicyclic) bond motifs is 1. The summed E-state index contributed by atoms with van der Waals surface area (Å²) in [6.07, 6.45) is -2.10. The Kier molecular flexibility index (Phi) is 4.79. The molecule has 0 spiro atoms. The lowest BCUT2D eigenvalue weighted by atomic mass is 9.95. The topological polar surface area (TPSA) is 75.3 Å². The zero-order valence-electron chi connectivity index (χ0n) is 13.2. The van der Waals surface area contributed by atoms with Gasteiger partial charge in [-0.2, -0.15) is 27.8 Å². The minimum atomic E-state index is -4.58. The Bertz CT molecular complexity index is 666. The van der Waals surface area contributed by atoms with Crippen LogP contribution in [0, 0.1) is 5.92 Å². The SMILES string of the molecule is CC(C)CC[C@](C)(O)CNc1cc(C(F)(F)F)nc2ncnn12. The van der Waals surface area contributed by atoms with Crippen molar-refractivity contribution in [2.45, 2.75) is 45.4 Å². The van der Waals surface area contributed by atoms with Crippen LogP contribution in [-0.4, -0.2) is 36.8 Å². The van der Waals surface area contributed by atoms with Crippen molar-refractivity contribution >= 4 is 11.6 Å². The highest BCUT2D eigenvalue weighted by Crippen LogP contribution is 2.29. The van der Waals surface area contributed by atoms with Gasteiger partial charge in [-0.3, -0.25) is 0 Å². The maximum Gasteiger partial charge on any atom is 0.433 e. The number of anilines is 1. The summed E-state index contributed by atoms with van der Waals surface area (Å²) in [6.45, 7) is 5.82. The van der Waals surface area contributed by atoms with E-state index in [0.717, 1.165) is 18.8 Å². The molecule has 0 aromatic carbocycles. The summed E-state index contributed by atoms with van der Waals surface area (Å²) in [7, 11) is 0. The zero-order chi connectivity index (χ0) is 17.3. The van der Waals surface area contributed by atoms with Crippen molar-refractivity contribution in [3.8, 4) is 0 Å². The second-order valence-electron chi connectivity index (χ2n) is 6.28. The highest BCUT2D eigenvalue weighted by atomic mass is 19.4. The Morgan fingerprint density at radius 1 is 1.35 bits per heavy atom. The van der Waals surface area contributed by atoms with Crippen molar-refractivity contribution in [2.24, 2.45) is 5.92 Å². The molecule has 0 aliphatic rings. The van der Waals surface area contributed by atoms with Crippen molar-refractivity contribution in [1.29, 1.82) is 0 Å². The summed E-state index contributed by atoms with van der Waals surface area (Å²) in [4.78, 5) is 7.13. The summed E-state index contributed by atoms with van der Waals surface area (Å²) in [5, 5.41) is 17.0. The number of nitrogens with zero attached hydrogens (tertiary/aromatic N) is 4. The van der Waals surface area contributed by atoms with Crippen LogP contribution in [0.15, 0.2) is 12.4 Å². The van der Waals surface area contributed by atoms with Gasteiger partial charge in [0.05, 0.1) is 5.60 Å². The Morgan fingerprint density at radius 2 is 2.04 bits per heavy atom.